The smallest absolute Gasteiger partial charge is 0.372 e. The van der Waals surface area contributed by atoms with Crippen LogP contribution in [0.25, 0.3) is 10.9 Å². The predicted octanol–water partition coefficient (Wildman–Crippen LogP) is -1.10. The highest BCUT2D eigenvalue weighted by atomic mass is 32.2. The number of aromatic nitrogens is 1. The molecule has 0 aliphatic heterocycles. The summed E-state index contributed by atoms with van der Waals surface area (Å²) in [6, 6.07) is 3.66. The van der Waals surface area contributed by atoms with Crippen LogP contribution in [0.2, 0.25) is 0 Å². The highest BCUT2D eigenvalue weighted by Crippen LogP contribution is 2.13. The topological polar surface area (TPSA) is 138 Å². The number of carbonyl (C=O) groups excluding carboxylic acids is 1. The molecular weight excluding hydrogens is 314 g/mol. The fourth-order valence-corrected chi connectivity index (χ4v) is 2.81. The Balaban J connectivity index is 2.28. The monoisotopic (exact) mass is 327 g/mol. The number of H-pyrrole nitrogens is 1. The van der Waals surface area contributed by atoms with E-state index >= 15 is 0 Å². The van der Waals surface area contributed by atoms with Crippen molar-refractivity contribution in [2.45, 2.75) is 11.8 Å². The molecule has 1 aromatic heterocycles. The third-order valence-electron chi connectivity index (χ3n) is 2.73. The van der Waals surface area contributed by atoms with Gasteiger partial charge in [-0.1, -0.05) is 0 Å². The van der Waals surface area contributed by atoms with E-state index in [0.29, 0.717) is 0 Å². The van der Waals surface area contributed by atoms with Gasteiger partial charge >= 0.3 is 11.4 Å². The van der Waals surface area contributed by atoms with Gasteiger partial charge in [-0.3, -0.25) is 9.78 Å². The second kappa shape index (κ2) is 6.12. The van der Waals surface area contributed by atoms with E-state index in [1.165, 1.54) is 19.1 Å². The summed E-state index contributed by atoms with van der Waals surface area (Å²) in [4.78, 5) is 35.4. The van der Waals surface area contributed by atoms with Gasteiger partial charge in [0.2, 0.25) is 15.9 Å². The van der Waals surface area contributed by atoms with Crippen LogP contribution < -0.4 is 21.4 Å². The number of carbonyl (C=O) groups is 1. The molecule has 0 fully saturated rings. The van der Waals surface area contributed by atoms with Gasteiger partial charge in [0.05, 0.1) is 15.8 Å². The van der Waals surface area contributed by atoms with Crippen molar-refractivity contribution in [1.82, 2.24) is 15.0 Å². The van der Waals surface area contributed by atoms with Gasteiger partial charge in [-0.15, -0.1) is 0 Å². The van der Waals surface area contributed by atoms with Crippen LogP contribution in [0.5, 0.6) is 0 Å². The van der Waals surface area contributed by atoms with Crippen molar-refractivity contribution in [3.63, 3.8) is 0 Å². The van der Waals surface area contributed by atoms with Crippen molar-refractivity contribution >= 4 is 26.8 Å². The molecule has 2 aromatic rings. The zero-order valence-electron chi connectivity index (χ0n) is 11.5. The Morgan fingerprint density at radius 1 is 1.27 bits per heavy atom. The first-order valence-corrected chi connectivity index (χ1v) is 7.69. The number of hydrogen-bond acceptors (Lipinski definition) is 6. The average Bonchev–Trinajstić information content (AvgIpc) is 2.43. The number of nitrogens with one attached hydrogen (secondary N) is 3. The second-order valence-corrected chi connectivity index (χ2v) is 6.16. The molecule has 0 unspecified atom stereocenters. The van der Waals surface area contributed by atoms with Crippen LogP contribution in [-0.4, -0.2) is 32.4 Å². The summed E-state index contributed by atoms with van der Waals surface area (Å²) in [5, 5.41) is 2.39. The molecule has 1 amide bonds. The summed E-state index contributed by atoms with van der Waals surface area (Å²) in [5.74, 6) is -1.19. The third kappa shape index (κ3) is 3.59. The first kappa shape index (κ1) is 15.9. The van der Waals surface area contributed by atoms with Crippen LogP contribution >= 0.6 is 0 Å². The van der Waals surface area contributed by atoms with Crippen LogP contribution in [0.1, 0.15) is 6.92 Å². The molecule has 0 bridgehead atoms. The number of sulfonamides is 1. The summed E-state index contributed by atoms with van der Waals surface area (Å²) in [6.07, 6.45) is 0. The molecule has 22 heavy (non-hydrogen) atoms. The van der Waals surface area contributed by atoms with Crippen LogP contribution in [0.3, 0.4) is 0 Å². The molecule has 1 aromatic carbocycles. The van der Waals surface area contributed by atoms with Crippen LogP contribution in [0.15, 0.2) is 37.1 Å². The number of fused-ring (bicyclic) bond motifs is 1. The Morgan fingerprint density at radius 2 is 2.00 bits per heavy atom. The van der Waals surface area contributed by atoms with Crippen molar-refractivity contribution in [1.29, 1.82) is 0 Å². The number of hydrogen-bond donors (Lipinski definition) is 3. The van der Waals surface area contributed by atoms with E-state index in [-0.39, 0.29) is 34.8 Å². The lowest BCUT2D eigenvalue weighted by Crippen LogP contribution is -2.33. The first-order chi connectivity index (χ1) is 10.3. The number of aromatic amines is 1. The quantitative estimate of drug-likeness (QED) is 0.596. The van der Waals surface area contributed by atoms with Crippen molar-refractivity contribution in [3.8, 4) is 0 Å². The largest absolute Gasteiger partial charge is 0.419 e. The maximum Gasteiger partial charge on any atom is 0.419 e. The highest BCUT2D eigenvalue weighted by Gasteiger charge is 2.15. The van der Waals surface area contributed by atoms with E-state index < -0.39 is 21.4 Å². The van der Waals surface area contributed by atoms with E-state index in [9.17, 15) is 22.8 Å². The van der Waals surface area contributed by atoms with Gasteiger partial charge in [0, 0.05) is 20.0 Å². The maximum atomic E-state index is 12.1. The lowest BCUT2D eigenvalue weighted by Gasteiger charge is -2.07. The zero-order valence-corrected chi connectivity index (χ0v) is 12.3. The Hall–Kier alpha value is -2.46. The molecule has 2 rings (SSSR count). The summed E-state index contributed by atoms with van der Waals surface area (Å²) >= 11 is 0. The Morgan fingerprint density at radius 3 is 2.68 bits per heavy atom. The maximum absolute atomic E-state index is 12.1. The normalized spacial score (nSPS) is 11.5. The van der Waals surface area contributed by atoms with Gasteiger partial charge in [0.1, 0.15) is 0 Å². The van der Waals surface area contributed by atoms with Crippen molar-refractivity contribution in [3.05, 3.63) is 39.2 Å². The zero-order chi connectivity index (χ0) is 16.3. The fourth-order valence-electron chi connectivity index (χ4n) is 1.75. The molecule has 0 saturated heterocycles. The minimum Gasteiger partial charge on any atom is -0.372 e. The van der Waals surface area contributed by atoms with Crippen LogP contribution in [0, 0.1) is 0 Å². The minimum absolute atomic E-state index is 0.000179. The fraction of sp³-hybridized carbons (Fsp3) is 0.250. The molecule has 9 nitrogen and oxygen atoms in total. The van der Waals surface area contributed by atoms with Gasteiger partial charge in [0.15, 0.2) is 0 Å². The molecule has 0 aliphatic rings. The molecule has 0 spiro atoms. The van der Waals surface area contributed by atoms with Crippen molar-refractivity contribution < 1.29 is 17.6 Å². The molecule has 1 heterocycles. The molecule has 118 valence electrons. The van der Waals surface area contributed by atoms with Gasteiger partial charge in [-0.25, -0.2) is 22.7 Å². The van der Waals surface area contributed by atoms with Gasteiger partial charge in [-0.2, -0.15) is 0 Å². The number of benzene rings is 1. The van der Waals surface area contributed by atoms with E-state index in [0.717, 1.165) is 6.07 Å². The number of rotatable bonds is 5. The summed E-state index contributed by atoms with van der Waals surface area (Å²) < 4.78 is 30.8. The lowest BCUT2D eigenvalue weighted by atomic mass is 10.2. The van der Waals surface area contributed by atoms with Gasteiger partial charge < -0.3 is 9.73 Å². The molecule has 0 radical (unpaired) electrons. The Bertz CT molecular complexity index is 928. The summed E-state index contributed by atoms with van der Waals surface area (Å²) in [5.41, 5.74) is -0.743. The molecule has 0 aliphatic carbocycles. The number of amides is 1. The van der Waals surface area contributed by atoms with Crippen molar-refractivity contribution in [2.24, 2.45) is 0 Å². The average molecular weight is 327 g/mol. The van der Waals surface area contributed by atoms with Gasteiger partial charge in [-0.05, 0) is 18.2 Å². The van der Waals surface area contributed by atoms with Crippen molar-refractivity contribution in [2.75, 3.05) is 13.1 Å². The molecule has 10 heteroatoms. The highest BCUT2D eigenvalue weighted by molar-refractivity contribution is 7.89. The summed E-state index contributed by atoms with van der Waals surface area (Å²) in [7, 11) is -3.85. The standard InChI is InChI=1S/C12H13N3O6S/c1-7(16)13-4-5-14-22(19,20)8-2-3-10-9(6-8)11(17)21-12(18)15-10/h2-3,6,14H,4-5H2,1H3,(H,13,16)(H,15,18). The lowest BCUT2D eigenvalue weighted by molar-refractivity contribution is -0.118. The molecule has 0 atom stereocenters. The Labute approximate surface area is 124 Å². The summed E-state index contributed by atoms with van der Waals surface area (Å²) in [6.45, 7) is 1.45. The van der Waals surface area contributed by atoms with Crippen LogP contribution in [0.4, 0.5) is 0 Å². The van der Waals surface area contributed by atoms with Gasteiger partial charge in [0.25, 0.3) is 0 Å². The SMILES string of the molecule is CC(=O)NCCNS(=O)(=O)c1ccc2[nH]c(=O)oc(=O)c2c1. The van der Waals surface area contributed by atoms with E-state index in [2.05, 4.69) is 19.4 Å². The third-order valence-corrected chi connectivity index (χ3v) is 4.19. The molecular formula is C12H13N3O6S. The predicted molar refractivity (Wildman–Crippen MR) is 77.0 cm³/mol. The minimum atomic E-state index is -3.85. The van der Waals surface area contributed by atoms with E-state index in [1.54, 1.807) is 0 Å². The Kier molecular flexibility index (Phi) is 4.43. The van der Waals surface area contributed by atoms with E-state index in [4.69, 9.17) is 0 Å². The van der Waals surface area contributed by atoms with E-state index in [1.807, 2.05) is 0 Å². The second-order valence-electron chi connectivity index (χ2n) is 4.39. The molecule has 3 N–H and O–H groups in total. The van der Waals surface area contributed by atoms with Crippen LogP contribution in [-0.2, 0) is 14.8 Å². The first-order valence-electron chi connectivity index (χ1n) is 6.21. The molecule has 0 saturated carbocycles.